The van der Waals surface area contributed by atoms with Crippen molar-refractivity contribution in [2.24, 2.45) is 0 Å². The van der Waals surface area contributed by atoms with E-state index in [1.54, 1.807) is 30.0 Å². The lowest BCUT2D eigenvalue weighted by Gasteiger charge is -2.15. The third-order valence-corrected chi connectivity index (χ3v) is 4.93. The van der Waals surface area contributed by atoms with E-state index in [0.29, 0.717) is 23.7 Å². The molecule has 0 spiro atoms. The average Bonchev–Trinajstić information content (AvgIpc) is 2.61. The molecule has 148 valence electrons. The first-order valence-corrected chi connectivity index (χ1v) is 9.96. The molecular formula is C18H18BrF4NO2S. The van der Waals surface area contributed by atoms with Crippen LogP contribution in [0.2, 0.25) is 0 Å². The van der Waals surface area contributed by atoms with E-state index in [9.17, 15) is 17.6 Å². The Hall–Kier alpha value is -1.45. The number of alkyl halides is 3. The molecule has 0 aromatic heterocycles. The van der Waals surface area contributed by atoms with Gasteiger partial charge in [0.15, 0.2) is 0 Å². The molecule has 0 heterocycles. The SMILES string of the molecule is OCCSCCNc1cc(Br)ccc1OCc1ccc(F)c(C(F)(F)F)c1. The van der Waals surface area contributed by atoms with Gasteiger partial charge >= 0.3 is 6.18 Å². The molecule has 3 nitrogen and oxygen atoms in total. The fourth-order valence-corrected chi connectivity index (χ4v) is 3.17. The van der Waals surface area contributed by atoms with Gasteiger partial charge in [0, 0.05) is 22.5 Å². The normalized spacial score (nSPS) is 11.5. The molecule has 0 amide bonds. The van der Waals surface area contributed by atoms with Crippen LogP contribution in [0.3, 0.4) is 0 Å². The van der Waals surface area contributed by atoms with Crippen LogP contribution in [0.5, 0.6) is 5.75 Å². The number of thioether (sulfide) groups is 1. The van der Waals surface area contributed by atoms with Crippen molar-refractivity contribution in [2.45, 2.75) is 12.8 Å². The molecule has 0 saturated carbocycles. The number of benzene rings is 2. The van der Waals surface area contributed by atoms with Gasteiger partial charge in [0.2, 0.25) is 0 Å². The molecule has 0 radical (unpaired) electrons. The fraction of sp³-hybridized carbons (Fsp3) is 0.333. The largest absolute Gasteiger partial charge is 0.487 e. The second-order valence-corrected chi connectivity index (χ2v) is 7.64. The lowest BCUT2D eigenvalue weighted by Crippen LogP contribution is -2.10. The minimum atomic E-state index is -4.75. The van der Waals surface area contributed by atoms with E-state index in [-0.39, 0.29) is 18.8 Å². The van der Waals surface area contributed by atoms with E-state index >= 15 is 0 Å². The molecule has 27 heavy (non-hydrogen) atoms. The van der Waals surface area contributed by atoms with Gasteiger partial charge in [-0.15, -0.1) is 0 Å². The first kappa shape index (κ1) is 21.8. The number of halogens is 5. The fourth-order valence-electron chi connectivity index (χ4n) is 2.23. The van der Waals surface area contributed by atoms with Gasteiger partial charge < -0.3 is 15.2 Å². The maximum Gasteiger partial charge on any atom is 0.419 e. The van der Waals surface area contributed by atoms with Crippen LogP contribution in [0.4, 0.5) is 23.2 Å². The Kier molecular flexibility index (Phi) is 8.25. The summed E-state index contributed by atoms with van der Waals surface area (Å²) in [4.78, 5) is 0. The Morgan fingerprint density at radius 1 is 1.11 bits per heavy atom. The van der Waals surface area contributed by atoms with Crippen LogP contribution < -0.4 is 10.1 Å². The summed E-state index contributed by atoms with van der Waals surface area (Å²) >= 11 is 4.96. The maximum absolute atomic E-state index is 13.4. The standard InChI is InChI=1S/C18H18BrF4NO2S/c19-13-2-4-17(16(10-13)24-5-7-27-8-6-25)26-11-12-1-3-15(20)14(9-12)18(21,22)23/h1-4,9-10,24-25H,5-8,11H2. The molecule has 0 bridgehead atoms. The molecule has 2 aromatic rings. The van der Waals surface area contributed by atoms with Crippen LogP contribution in [0, 0.1) is 5.82 Å². The lowest BCUT2D eigenvalue weighted by atomic mass is 10.1. The second-order valence-electron chi connectivity index (χ2n) is 5.50. The Morgan fingerprint density at radius 3 is 2.59 bits per heavy atom. The summed E-state index contributed by atoms with van der Waals surface area (Å²) in [5, 5.41) is 12.0. The second kappa shape index (κ2) is 10.2. The number of aliphatic hydroxyl groups is 1. The number of anilines is 1. The van der Waals surface area contributed by atoms with Gasteiger partial charge in [-0.05, 0) is 35.9 Å². The molecule has 0 unspecified atom stereocenters. The third kappa shape index (κ3) is 6.90. The molecule has 0 aliphatic rings. The van der Waals surface area contributed by atoms with Crippen LogP contribution in [0.25, 0.3) is 0 Å². The highest BCUT2D eigenvalue weighted by molar-refractivity contribution is 9.10. The third-order valence-electron chi connectivity index (χ3n) is 3.47. The van der Waals surface area contributed by atoms with E-state index in [0.717, 1.165) is 22.4 Å². The van der Waals surface area contributed by atoms with Gasteiger partial charge in [0.05, 0.1) is 17.9 Å². The van der Waals surface area contributed by atoms with Gasteiger partial charge in [0.25, 0.3) is 0 Å². The Morgan fingerprint density at radius 2 is 1.89 bits per heavy atom. The summed E-state index contributed by atoms with van der Waals surface area (Å²) in [6.07, 6.45) is -4.75. The van der Waals surface area contributed by atoms with Crippen molar-refractivity contribution in [1.82, 2.24) is 0 Å². The van der Waals surface area contributed by atoms with E-state index < -0.39 is 17.6 Å². The topological polar surface area (TPSA) is 41.5 Å². The van der Waals surface area contributed by atoms with Crippen LogP contribution in [0.15, 0.2) is 40.9 Å². The number of rotatable bonds is 9. The monoisotopic (exact) mass is 467 g/mol. The summed E-state index contributed by atoms with van der Waals surface area (Å²) in [6, 6.07) is 8.07. The minimum absolute atomic E-state index is 0.119. The van der Waals surface area contributed by atoms with Crippen molar-refractivity contribution in [1.29, 1.82) is 0 Å². The van der Waals surface area contributed by atoms with Crippen LogP contribution in [0.1, 0.15) is 11.1 Å². The van der Waals surface area contributed by atoms with Crippen molar-refractivity contribution < 1.29 is 27.4 Å². The first-order valence-electron chi connectivity index (χ1n) is 8.01. The molecule has 0 aliphatic heterocycles. The highest BCUT2D eigenvalue weighted by Gasteiger charge is 2.34. The molecular weight excluding hydrogens is 450 g/mol. The first-order chi connectivity index (χ1) is 12.8. The summed E-state index contributed by atoms with van der Waals surface area (Å²) in [7, 11) is 0. The van der Waals surface area contributed by atoms with Crippen molar-refractivity contribution in [2.75, 3.05) is 30.0 Å². The zero-order chi connectivity index (χ0) is 19.9. The Labute approximate surface area is 167 Å². The average molecular weight is 468 g/mol. The number of ether oxygens (including phenoxy) is 1. The van der Waals surface area contributed by atoms with E-state index in [2.05, 4.69) is 21.2 Å². The van der Waals surface area contributed by atoms with Gasteiger partial charge in [-0.2, -0.15) is 24.9 Å². The van der Waals surface area contributed by atoms with E-state index in [1.807, 2.05) is 0 Å². The lowest BCUT2D eigenvalue weighted by molar-refractivity contribution is -0.140. The highest BCUT2D eigenvalue weighted by Crippen LogP contribution is 2.33. The number of hydrogen-bond acceptors (Lipinski definition) is 4. The molecule has 0 aliphatic carbocycles. The summed E-state index contributed by atoms with van der Waals surface area (Å²) in [5.74, 6) is 0.593. The zero-order valence-corrected chi connectivity index (χ0v) is 16.6. The Bertz CT molecular complexity index is 759. The van der Waals surface area contributed by atoms with E-state index in [4.69, 9.17) is 9.84 Å². The predicted molar refractivity (Wildman–Crippen MR) is 103 cm³/mol. The van der Waals surface area contributed by atoms with Crippen LogP contribution >= 0.6 is 27.7 Å². The van der Waals surface area contributed by atoms with E-state index in [1.165, 1.54) is 6.07 Å². The molecule has 0 fully saturated rings. The predicted octanol–water partition coefficient (Wildman–Crippen LogP) is 5.32. The molecule has 0 saturated heterocycles. The zero-order valence-electron chi connectivity index (χ0n) is 14.2. The van der Waals surface area contributed by atoms with Crippen molar-refractivity contribution in [3.8, 4) is 5.75 Å². The van der Waals surface area contributed by atoms with Crippen LogP contribution in [-0.2, 0) is 12.8 Å². The number of hydrogen-bond donors (Lipinski definition) is 2. The molecule has 0 atom stereocenters. The smallest absolute Gasteiger partial charge is 0.419 e. The highest BCUT2D eigenvalue weighted by atomic mass is 79.9. The van der Waals surface area contributed by atoms with Crippen molar-refractivity contribution in [3.05, 3.63) is 57.8 Å². The minimum Gasteiger partial charge on any atom is -0.487 e. The molecule has 9 heteroatoms. The van der Waals surface area contributed by atoms with Crippen molar-refractivity contribution >= 4 is 33.4 Å². The van der Waals surface area contributed by atoms with Gasteiger partial charge in [0.1, 0.15) is 18.2 Å². The summed E-state index contributed by atoms with van der Waals surface area (Å²) in [5.41, 5.74) is -0.401. The molecule has 2 aromatic carbocycles. The van der Waals surface area contributed by atoms with Crippen LogP contribution in [-0.4, -0.2) is 29.8 Å². The summed E-state index contributed by atoms with van der Waals surface area (Å²) < 4.78 is 58.3. The number of nitrogens with one attached hydrogen (secondary N) is 1. The molecule has 2 rings (SSSR count). The molecule has 2 N–H and O–H groups in total. The quantitative estimate of drug-likeness (QED) is 0.386. The maximum atomic E-state index is 13.4. The van der Waals surface area contributed by atoms with Gasteiger partial charge in [-0.3, -0.25) is 0 Å². The van der Waals surface area contributed by atoms with Gasteiger partial charge in [-0.25, -0.2) is 4.39 Å². The van der Waals surface area contributed by atoms with Gasteiger partial charge in [-0.1, -0.05) is 22.0 Å². The summed E-state index contributed by atoms with van der Waals surface area (Å²) in [6.45, 7) is 0.624. The Balaban J connectivity index is 2.05. The van der Waals surface area contributed by atoms with Crippen molar-refractivity contribution in [3.63, 3.8) is 0 Å². The number of aliphatic hydroxyl groups excluding tert-OH is 1.